The average molecular weight is 490 g/mol. The van der Waals surface area contributed by atoms with Crippen molar-refractivity contribution in [2.45, 2.75) is 75.6 Å². The molecule has 0 saturated carbocycles. The predicted molar refractivity (Wildman–Crippen MR) is 134 cm³/mol. The Hall–Kier alpha value is -1.80. The first-order chi connectivity index (χ1) is 16.2. The maximum Gasteiger partial charge on any atom is 0.247 e. The molecule has 4 aliphatic rings. The molecule has 0 aliphatic carbocycles. The van der Waals surface area contributed by atoms with Crippen LogP contribution in [0.5, 0.6) is 0 Å². The van der Waals surface area contributed by atoms with Gasteiger partial charge in [-0.05, 0) is 32.6 Å². The molecule has 4 heterocycles. The Kier molecular flexibility index (Phi) is 7.21. The van der Waals surface area contributed by atoms with Crippen LogP contribution in [0.4, 0.5) is 0 Å². The third-order valence-electron chi connectivity index (χ3n) is 7.68. The highest BCUT2D eigenvalue weighted by Gasteiger charge is 2.71. The van der Waals surface area contributed by atoms with Crippen LogP contribution in [0, 0.1) is 17.8 Å². The van der Waals surface area contributed by atoms with Crippen LogP contribution in [-0.4, -0.2) is 91.9 Å². The van der Waals surface area contributed by atoms with Gasteiger partial charge in [-0.2, -0.15) is 0 Å². The standard InChI is InChI=1S/C26H39N3O4S/c1-6-11-27-12-7-9-19-20(23(27)31)21-24(32)29(18(15-30)14-16(2)3)22-25(33)28(17(4)5)13-8-10-26(21,22)34-19/h7-10,16-22,30H,6,11-15H2,1-5H3/t18-,19+,20-,21+,22?,26+/m1/s1. The number of hydrogen-bond donors (Lipinski definition) is 1. The maximum absolute atomic E-state index is 14.2. The zero-order valence-corrected chi connectivity index (χ0v) is 21.8. The summed E-state index contributed by atoms with van der Waals surface area (Å²) in [5.74, 6) is -1.10. The number of carbonyl (C=O) groups is 3. The van der Waals surface area contributed by atoms with Crippen LogP contribution in [0.1, 0.15) is 47.5 Å². The normalized spacial score (nSPS) is 34.0. The highest BCUT2D eigenvalue weighted by Crippen LogP contribution is 2.61. The Balaban J connectivity index is 1.85. The van der Waals surface area contributed by atoms with E-state index in [9.17, 15) is 19.5 Å². The molecule has 2 fully saturated rings. The van der Waals surface area contributed by atoms with Crippen LogP contribution < -0.4 is 0 Å². The molecule has 0 bridgehead atoms. The Morgan fingerprint density at radius 2 is 1.82 bits per heavy atom. The van der Waals surface area contributed by atoms with Crippen LogP contribution in [0.2, 0.25) is 0 Å². The Labute approximate surface area is 207 Å². The van der Waals surface area contributed by atoms with Gasteiger partial charge >= 0.3 is 0 Å². The largest absolute Gasteiger partial charge is 0.394 e. The molecule has 6 atom stereocenters. The van der Waals surface area contributed by atoms with Crippen molar-refractivity contribution in [2.24, 2.45) is 17.8 Å². The van der Waals surface area contributed by atoms with Gasteiger partial charge in [0.1, 0.15) is 6.04 Å². The van der Waals surface area contributed by atoms with E-state index in [0.717, 1.165) is 6.42 Å². The lowest BCUT2D eigenvalue weighted by Crippen LogP contribution is -2.57. The molecule has 4 aliphatic heterocycles. The number of rotatable bonds is 7. The molecule has 2 saturated heterocycles. The van der Waals surface area contributed by atoms with Crippen LogP contribution in [0.3, 0.4) is 0 Å². The fourth-order valence-electron chi connectivity index (χ4n) is 6.30. The average Bonchev–Trinajstić information content (AvgIpc) is 3.10. The lowest BCUT2D eigenvalue weighted by molar-refractivity contribution is -0.147. The molecule has 7 nitrogen and oxygen atoms in total. The Morgan fingerprint density at radius 1 is 1.09 bits per heavy atom. The van der Waals surface area contributed by atoms with E-state index < -0.39 is 28.7 Å². The first-order valence-electron chi connectivity index (χ1n) is 12.7. The molecule has 8 heteroatoms. The van der Waals surface area contributed by atoms with Gasteiger partial charge < -0.3 is 19.8 Å². The van der Waals surface area contributed by atoms with Crippen molar-refractivity contribution in [2.75, 3.05) is 26.2 Å². The molecule has 34 heavy (non-hydrogen) atoms. The molecule has 188 valence electrons. The number of hydrogen-bond acceptors (Lipinski definition) is 5. The van der Waals surface area contributed by atoms with E-state index in [1.165, 1.54) is 0 Å². The summed E-state index contributed by atoms with van der Waals surface area (Å²) in [4.78, 5) is 47.4. The summed E-state index contributed by atoms with van der Waals surface area (Å²) >= 11 is 1.61. The third-order valence-corrected chi connectivity index (χ3v) is 9.42. The minimum atomic E-state index is -0.813. The number of likely N-dealkylation sites (tertiary alicyclic amines) is 1. The number of aliphatic hydroxyl groups is 1. The van der Waals surface area contributed by atoms with E-state index in [-0.39, 0.29) is 41.5 Å². The number of thioether (sulfide) groups is 1. The van der Waals surface area contributed by atoms with Crippen molar-refractivity contribution >= 4 is 29.5 Å². The first-order valence-corrected chi connectivity index (χ1v) is 13.6. The lowest BCUT2D eigenvalue weighted by atomic mass is 9.78. The molecular weight excluding hydrogens is 450 g/mol. The summed E-state index contributed by atoms with van der Waals surface area (Å²) in [7, 11) is 0. The van der Waals surface area contributed by atoms with Crippen LogP contribution in [0.15, 0.2) is 24.3 Å². The lowest BCUT2D eigenvalue weighted by Gasteiger charge is -2.39. The van der Waals surface area contributed by atoms with Gasteiger partial charge in [0.15, 0.2) is 0 Å². The van der Waals surface area contributed by atoms with E-state index in [0.29, 0.717) is 26.1 Å². The topological polar surface area (TPSA) is 81.2 Å². The van der Waals surface area contributed by atoms with Crippen molar-refractivity contribution in [3.8, 4) is 0 Å². The molecule has 0 aromatic rings. The second kappa shape index (κ2) is 9.69. The molecule has 1 unspecified atom stereocenters. The number of amides is 3. The molecular formula is C26H39N3O4S. The van der Waals surface area contributed by atoms with E-state index in [2.05, 4.69) is 26.0 Å². The molecule has 0 aromatic carbocycles. The van der Waals surface area contributed by atoms with Gasteiger partial charge in [-0.1, -0.05) is 45.1 Å². The van der Waals surface area contributed by atoms with Gasteiger partial charge in [-0.15, -0.1) is 11.8 Å². The van der Waals surface area contributed by atoms with E-state index >= 15 is 0 Å². The van der Waals surface area contributed by atoms with E-state index in [1.54, 1.807) is 16.7 Å². The van der Waals surface area contributed by atoms with Crippen LogP contribution in [-0.2, 0) is 14.4 Å². The zero-order valence-electron chi connectivity index (χ0n) is 21.0. The highest BCUT2D eigenvalue weighted by molar-refractivity contribution is 8.02. The fourth-order valence-corrected chi connectivity index (χ4v) is 8.29. The van der Waals surface area contributed by atoms with Gasteiger partial charge in [0.2, 0.25) is 17.7 Å². The fraction of sp³-hybridized carbons (Fsp3) is 0.731. The van der Waals surface area contributed by atoms with Crippen molar-refractivity contribution in [3.63, 3.8) is 0 Å². The Morgan fingerprint density at radius 3 is 2.44 bits per heavy atom. The summed E-state index contributed by atoms with van der Waals surface area (Å²) in [5, 5.41) is 10.2. The van der Waals surface area contributed by atoms with Gasteiger partial charge in [0.25, 0.3) is 0 Å². The summed E-state index contributed by atoms with van der Waals surface area (Å²) in [6.45, 7) is 11.6. The van der Waals surface area contributed by atoms with Crippen LogP contribution >= 0.6 is 11.8 Å². The summed E-state index contributed by atoms with van der Waals surface area (Å²) < 4.78 is -0.813. The maximum atomic E-state index is 14.2. The Bertz CT molecular complexity index is 887. The van der Waals surface area contributed by atoms with E-state index in [1.807, 2.05) is 42.7 Å². The minimum absolute atomic E-state index is 0.00962. The van der Waals surface area contributed by atoms with Gasteiger partial charge in [-0.25, -0.2) is 0 Å². The molecule has 4 rings (SSSR count). The summed E-state index contributed by atoms with van der Waals surface area (Å²) in [6, 6.07) is -1.19. The van der Waals surface area contributed by atoms with Gasteiger partial charge in [0.05, 0.1) is 29.2 Å². The van der Waals surface area contributed by atoms with Crippen molar-refractivity contribution in [1.29, 1.82) is 0 Å². The summed E-state index contributed by atoms with van der Waals surface area (Å²) in [6.07, 6.45) is 9.63. The second-order valence-electron chi connectivity index (χ2n) is 10.8. The molecule has 3 amide bonds. The SMILES string of the molecule is CCCN1CC=C[C@@H]2S[C@]34C=CCN(C(C)C)C(=O)C3N([C@@H](CO)CC(C)C)C(=O)[C@@H]4[C@@H]2C1=O. The van der Waals surface area contributed by atoms with Crippen molar-refractivity contribution in [1.82, 2.24) is 14.7 Å². The first kappa shape index (κ1) is 25.3. The van der Waals surface area contributed by atoms with Gasteiger partial charge in [0, 0.05) is 30.9 Å². The smallest absolute Gasteiger partial charge is 0.247 e. The molecule has 0 radical (unpaired) electrons. The summed E-state index contributed by atoms with van der Waals surface area (Å²) in [5.41, 5.74) is 0. The quantitative estimate of drug-likeness (QED) is 0.555. The molecule has 0 aromatic heterocycles. The number of carbonyl (C=O) groups excluding carboxylic acids is 3. The van der Waals surface area contributed by atoms with Gasteiger partial charge in [-0.3, -0.25) is 14.4 Å². The third kappa shape index (κ3) is 3.91. The van der Waals surface area contributed by atoms with E-state index in [4.69, 9.17) is 0 Å². The molecule has 1 N–H and O–H groups in total. The number of nitrogens with zero attached hydrogens (tertiary/aromatic N) is 3. The predicted octanol–water partition coefficient (Wildman–Crippen LogP) is 2.31. The minimum Gasteiger partial charge on any atom is -0.394 e. The monoisotopic (exact) mass is 489 g/mol. The zero-order chi connectivity index (χ0) is 24.8. The number of fused-ring (bicyclic) bond motifs is 2. The van der Waals surface area contributed by atoms with Crippen molar-refractivity contribution in [3.05, 3.63) is 24.3 Å². The highest BCUT2D eigenvalue weighted by atomic mass is 32.2. The number of aliphatic hydroxyl groups excluding tert-OH is 1. The second-order valence-corrected chi connectivity index (χ2v) is 12.2. The molecule has 1 spiro atoms. The van der Waals surface area contributed by atoms with Crippen molar-refractivity contribution < 1.29 is 19.5 Å². The van der Waals surface area contributed by atoms with Crippen LogP contribution in [0.25, 0.3) is 0 Å².